The second-order valence-electron chi connectivity index (χ2n) is 5.59. The van der Waals surface area contributed by atoms with Gasteiger partial charge in [-0.05, 0) is 49.6 Å². The van der Waals surface area contributed by atoms with E-state index in [-0.39, 0.29) is 0 Å². The minimum absolute atomic E-state index is 0.475. The minimum Gasteiger partial charge on any atom is -0.297 e. The summed E-state index contributed by atoms with van der Waals surface area (Å²) < 4.78 is 0. The Bertz CT molecular complexity index is 382. The van der Waals surface area contributed by atoms with Crippen molar-refractivity contribution in [3.05, 3.63) is 29.6 Å². The van der Waals surface area contributed by atoms with Crippen molar-refractivity contribution in [2.75, 3.05) is 18.8 Å². The van der Waals surface area contributed by atoms with E-state index in [0.29, 0.717) is 5.41 Å². The monoisotopic (exact) mass is 264 g/mol. The van der Waals surface area contributed by atoms with Crippen LogP contribution in [0.4, 0.5) is 0 Å². The maximum Gasteiger partial charge on any atom is 0.0547 e. The Morgan fingerprint density at radius 3 is 2.67 bits per heavy atom. The third kappa shape index (κ3) is 3.27. The number of aryl methyl sites for hydroxylation is 1. The van der Waals surface area contributed by atoms with E-state index < -0.39 is 0 Å². The molecule has 0 aromatic carbocycles. The molecular weight excluding hydrogens is 240 g/mol. The lowest BCUT2D eigenvalue weighted by molar-refractivity contribution is 0.0885. The van der Waals surface area contributed by atoms with Crippen LogP contribution < -0.4 is 0 Å². The van der Waals surface area contributed by atoms with Crippen LogP contribution in [0.15, 0.2) is 18.2 Å². The Kier molecular flexibility index (Phi) is 4.68. The predicted molar refractivity (Wildman–Crippen MR) is 80.1 cm³/mol. The van der Waals surface area contributed by atoms with Gasteiger partial charge in [-0.2, -0.15) is 12.6 Å². The van der Waals surface area contributed by atoms with Crippen molar-refractivity contribution < 1.29 is 0 Å². The zero-order valence-corrected chi connectivity index (χ0v) is 12.4. The summed E-state index contributed by atoms with van der Waals surface area (Å²) in [4.78, 5) is 7.11. The molecule has 1 saturated carbocycles. The smallest absolute Gasteiger partial charge is 0.0547 e. The SMILES string of the molecule is CCN(Cc1cccc(C)n1)CC1(CS)CCC1. The molecule has 2 rings (SSSR count). The van der Waals surface area contributed by atoms with Crippen LogP contribution in [0, 0.1) is 12.3 Å². The highest BCUT2D eigenvalue weighted by atomic mass is 32.1. The third-order valence-corrected chi connectivity index (χ3v) is 4.76. The van der Waals surface area contributed by atoms with Crippen molar-refractivity contribution >= 4 is 12.6 Å². The van der Waals surface area contributed by atoms with Crippen molar-refractivity contribution in [1.29, 1.82) is 0 Å². The molecule has 0 unspecified atom stereocenters. The highest BCUT2D eigenvalue weighted by Crippen LogP contribution is 2.42. The second kappa shape index (κ2) is 6.07. The maximum atomic E-state index is 4.60. The van der Waals surface area contributed by atoms with Gasteiger partial charge in [-0.25, -0.2) is 0 Å². The van der Waals surface area contributed by atoms with Gasteiger partial charge in [0.1, 0.15) is 0 Å². The number of rotatable bonds is 6. The first-order chi connectivity index (χ1) is 8.67. The average Bonchev–Trinajstić information content (AvgIpc) is 2.32. The van der Waals surface area contributed by atoms with Crippen molar-refractivity contribution in [3.8, 4) is 0 Å². The van der Waals surface area contributed by atoms with Crippen LogP contribution in [0.1, 0.15) is 37.6 Å². The zero-order valence-electron chi connectivity index (χ0n) is 11.5. The number of nitrogens with zero attached hydrogens (tertiary/aromatic N) is 2. The Morgan fingerprint density at radius 2 is 2.17 bits per heavy atom. The van der Waals surface area contributed by atoms with Crippen LogP contribution in [-0.2, 0) is 6.54 Å². The molecule has 0 radical (unpaired) electrons. The lowest BCUT2D eigenvalue weighted by Gasteiger charge is -2.44. The van der Waals surface area contributed by atoms with Gasteiger partial charge in [0.25, 0.3) is 0 Å². The molecule has 0 N–H and O–H groups in total. The van der Waals surface area contributed by atoms with Gasteiger partial charge in [0, 0.05) is 18.8 Å². The summed E-state index contributed by atoms with van der Waals surface area (Å²) in [5.41, 5.74) is 2.77. The first kappa shape index (κ1) is 13.9. The average molecular weight is 264 g/mol. The molecule has 0 aliphatic heterocycles. The largest absolute Gasteiger partial charge is 0.297 e. The molecule has 100 valence electrons. The third-order valence-electron chi connectivity index (χ3n) is 4.09. The Morgan fingerprint density at radius 1 is 1.39 bits per heavy atom. The summed E-state index contributed by atoms with van der Waals surface area (Å²) in [6.45, 7) is 7.52. The summed E-state index contributed by atoms with van der Waals surface area (Å²) in [7, 11) is 0. The standard InChI is InChI=1S/C15H24N2S/c1-3-17(11-15(12-18)8-5-9-15)10-14-7-4-6-13(2)16-14/h4,6-7,18H,3,5,8-12H2,1-2H3. The van der Waals surface area contributed by atoms with Gasteiger partial charge in [-0.15, -0.1) is 0 Å². The fourth-order valence-electron chi connectivity index (χ4n) is 2.71. The van der Waals surface area contributed by atoms with E-state index >= 15 is 0 Å². The summed E-state index contributed by atoms with van der Waals surface area (Å²) in [5, 5.41) is 0. The number of hydrogen-bond donors (Lipinski definition) is 1. The molecule has 0 saturated heterocycles. The molecule has 0 bridgehead atoms. The van der Waals surface area contributed by atoms with Gasteiger partial charge in [-0.1, -0.05) is 19.4 Å². The van der Waals surface area contributed by atoms with E-state index in [1.54, 1.807) is 0 Å². The summed E-state index contributed by atoms with van der Waals surface area (Å²) in [5.74, 6) is 1.02. The van der Waals surface area contributed by atoms with Crippen molar-refractivity contribution in [2.45, 2.75) is 39.7 Å². The maximum absolute atomic E-state index is 4.60. The lowest BCUT2D eigenvalue weighted by atomic mass is 9.70. The van der Waals surface area contributed by atoms with Crippen LogP contribution in [0.25, 0.3) is 0 Å². The Labute approximate surface area is 116 Å². The lowest BCUT2D eigenvalue weighted by Crippen LogP contribution is -2.43. The van der Waals surface area contributed by atoms with Gasteiger partial charge < -0.3 is 0 Å². The highest BCUT2D eigenvalue weighted by Gasteiger charge is 2.36. The van der Waals surface area contributed by atoms with Gasteiger partial charge in [0.15, 0.2) is 0 Å². The van der Waals surface area contributed by atoms with Crippen LogP contribution >= 0.6 is 12.6 Å². The molecule has 1 aromatic rings. The van der Waals surface area contributed by atoms with Crippen LogP contribution in [0.2, 0.25) is 0 Å². The van der Waals surface area contributed by atoms with E-state index in [1.807, 2.05) is 0 Å². The van der Waals surface area contributed by atoms with Crippen LogP contribution in [-0.4, -0.2) is 28.7 Å². The molecule has 18 heavy (non-hydrogen) atoms. The fraction of sp³-hybridized carbons (Fsp3) is 0.667. The summed E-state index contributed by atoms with van der Waals surface area (Å²) >= 11 is 4.55. The molecule has 1 heterocycles. The molecule has 0 amide bonds. The molecule has 1 fully saturated rings. The summed E-state index contributed by atoms with van der Waals surface area (Å²) in [6, 6.07) is 6.29. The molecule has 1 aromatic heterocycles. The van der Waals surface area contributed by atoms with E-state index in [9.17, 15) is 0 Å². The van der Waals surface area contributed by atoms with Crippen molar-refractivity contribution in [2.24, 2.45) is 5.41 Å². The van der Waals surface area contributed by atoms with E-state index in [2.05, 4.69) is 54.6 Å². The molecular formula is C15H24N2S. The molecule has 1 aliphatic carbocycles. The molecule has 0 atom stereocenters. The van der Waals surface area contributed by atoms with Gasteiger partial charge in [-0.3, -0.25) is 9.88 Å². The number of thiol groups is 1. The number of hydrogen-bond acceptors (Lipinski definition) is 3. The van der Waals surface area contributed by atoms with Gasteiger partial charge in [0.2, 0.25) is 0 Å². The summed E-state index contributed by atoms with van der Waals surface area (Å²) in [6.07, 6.45) is 4.06. The quantitative estimate of drug-likeness (QED) is 0.794. The highest BCUT2D eigenvalue weighted by molar-refractivity contribution is 7.80. The number of aromatic nitrogens is 1. The Hall–Kier alpha value is -0.540. The van der Waals surface area contributed by atoms with Crippen LogP contribution in [0.3, 0.4) is 0 Å². The first-order valence-corrected chi connectivity index (χ1v) is 7.56. The zero-order chi connectivity index (χ0) is 13.0. The second-order valence-corrected chi connectivity index (χ2v) is 5.90. The molecule has 2 nitrogen and oxygen atoms in total. The number of pyridine rings is 1. The minimum atomic E-state index is 0.475. The molecule has 0 spiro atoms. The Balaban J connectivity index is 1.97. The topological polar surface area (TPSA) is 16.1 Å². The fourth-order valence-corrected chi connectivity index (χ4v) is 3.13. The van der Waals surface area contributed by atoms with E-state index in [0.717, 1.165) is 24.5 Å². The van der Waals surface area contributed by atoms with Crippen molar-refractivity contribution in [3.63, 3.8) is 0 Å². The van der Waals surface area contributed by atoms with E-state index in [1.165, 1.54) is 31.5 Å². The van der Waals surface area contributed by atoms with Crippen molar-refractivity contribution in [1.82, 2.24) is 9.88 Å². The normalized spacial score (nSPS) is 17.8. The van der Waals surface area contributed by atoms with E-state index in [4.69, 9.17) is 0 Å². The molecule has 3 heteroatoms. The molecule has 1 aliphatic rings. The van der Waals surface area contributed by atoms with Gasteiger partial charge >= 0.3 is 0 Å². The first-order valence-electron chi connectivity index (χ1n) is 6.93. The van der Waals surface area contributed by atoms with Gasteiger partial charge in [0.05, 0.1) is 5.69 Å². The predicted octanol–water partition coefficient (Wildman–Crippen LogP) is 3.31. The van der Waals surface area contributed by atoms with Crippen LogP contribution in [0.5, 0.6) is 0 Å².